The number of nitrogens with two attached hydrogens (primary N) is 1. The minimum Gasteiger partial charge on any atom is -0.342 e. The molecule has 0 spiro atoms. The molecule has 0 bridgehead atoms. The number of carbonyl (C=O) groups excluding carboxylic acids is 2. The lowest BCUT2D eigenvalue weighted by molar-refractivity contribution is -0.136. The van der Waals surface area contributed by atoms with Gasteiger partial charge in [-0.1, -0.05) is 12.1 Å². The van der Waals surface area contributed by atoms with Crippen LogP contribution in [0.4, 0.5) is 9.18 Å². The molecule has 0 unspecified atom stereocenters. The van der Waals surface area contributed by atoms with Gasteiger partial charge in [0.25, 0.3) is 0 Å². The smallest absolute Gasteiger partial charge is 0.320 e. The summed E-state index contributed by atoms with van der Waals surface area (Å²) in [7, 11) is 3.48. The largest absolute Gasteiger partial charge is 0.342 e. The lowest BCUT2D eigenvalue weighted by atomic mass is 9.85. The van der Waals surface area contributed by atoms with E-state index >= 15 is 0 Å². The highest BCUT2D eigenvalue weighted by molar-refractivity contribution is 5.85. The molecule has 6 nitrogen and oxygen atoms in total. The number of fused-ring (bicyclic) bond motifs is 1. The Kier molecular flexibility index (Phi) is 6.92. The molecule has 1 saturated carbocycles. The second kappa shape index (κ2) is 9.10. The molecule has 3 aliphatic rings. The Morgan fingerprint density at radius 1 is 1.10 bits per heavy atom. The van der Waals surface area contributed by atoms with E-state index in [-0.39, 0.29) is 60.0 Å². The molecule has 30 heavy (non-hydrogen) atoms. The molecule has 0 aromatic heterocycles. The van der Waals surface area contributed by atoms with Crippen molar-refractivity contribution in [2.75, 3.05) is 33.7 Å². The number of carbonyl (C=O) groups is 2. The molecule has 4 rings (SSSR count). The van der Waals surface area contributed by atoms with E-state index in [4.69, 9.17) is 5.73 Å². The van der Waals surface area contributed by atoms with Crippen molar-refractivity contribution < 1.29 is 14.0 Å². The topological polar surface area (TPSA) is 69.9 Å². The molecule has 1 aromatic rings. The van der Waals surface area contributed by atoms with E-state index in [2.05, 4.69) is 0 Å². The maximum absolute atomic E-state index is 13.9. The average Bonchev–Trinajstić information content (AvgIpc) is 3.25. The fourth-order valence-electron chi connectivity index (χ4n) is 5.42. The van der Waals surface area contributed by atoms with Crippen LogP contribution >= 0.6 is 12.4 Å². The Hall–Kier alpha value is -1.86. The molecule has 3 amide bonds. The molecular formula is C22H32ClFN4O2. The molecular weight excluding hydrogens is 407 g/mol. The zero-order chi connectivity index (χ0) is 20.7. The standard InChI is InChI=1S/C22H31FN4O2.ClH/c1-25(2)22(29)27-12-16-11-26(21(28)14-6-8-18(24)9-7-14)13-19(16)20(27)15-4-3-5-17(23)10-15;/h3-5,10,14,16,18-20H,6-9,11-13,24H2,1-2H3;1H/t14?,16-,18?,19-,20+;/m1./s1. The van der Waals surface area contributed by atoms with Gasteiger partial charge in [-0.3, -0.25) is 4.79 Å². The zero-order valence-electron chi connectivity index (χ0n) is 17.7. The van der Waals surface area contributed by atoms with Gasteiger partial charge in [0.1, 0.15) is 5.82 Å². The van der Waals surface area contributed by atoms with Crippen molar-refractivity contribution in [2.45, 2.75) is 37.8 Å². The molecule has 8 heteroatoms. The van der Waals surface area contributed by atoms with E-state index in [0.717, 1.165) is 31.2 Å². The maximum Gasteiger partial charge on any atom is 0.320 e. The summed E-state index contributed by atoms with van der Waals surface area (Å²) in [5.41, 5.74) is 6.80. The van der Waals surface area contributed by atoms with Gasteiger partial charge in [0, 0.05) is 57.5 Å². The van der Waals surface area contributed by atoms with Gasteiger partial charge in [-0.15, -0.1) is 12.4 Å². The van der Waals surface area contributed by atoms with Crippen LogP contribution in [0.15, 0.2) is 24.3 Å². The highest BCUT2D eigenvalue weighted by Crippen LogP contribution is 2.46. The fraction of sp³-hybridized carbons (Fsp3) is 0.636. The van der Waals surface area contributed by atoms with Crippen molar-refractivity contribution in [3.8, 4) is 0 Å². The molecule has 2 saturated heterocycles. The second-order valence-electron chi connectivity index (χ2n) is 9.11. The molecule has 3 fully saturated rings. The first-order chi connectivity index (χ1) is 13.8. The predicted octanol–water partition coefficient (Wildman–Crippen LogP) is 2.88. The highest BCUT2D eigenvalue weighted by atomic mass is 35.5. The number of halogens is 2. The number of benzene rings is 1. The van der Waals surface area contributed by atoms with Crippen LogP contribution in [0.5, 0.6) is 0 Å². The summed E-state index contributed by atoms with van der Waals surface area (Å²) < 4.78 is 13.9. The maximum atomic E-state index is 13.9. The van der Waals surface area contributed by atoms with Gasteiger partial charge in [-0.2, -0.15) is 0 Å². The van der Waals surface area contributed by atoms with E-state index in [1.807, 2.05) is 15.9 Å². The Labute approximate surface area is 184 Å². The summed E-state index contributed by atoms with van der Waals surface area (Å²) in [6.07, 6.45) is 3.55. The first-order valence-corrected chi connectivity index (χ1v) is 10.6. The summed E-state index contributed by atoms with van der Waals surface area (Å²) in [6.45, 7) is 1.90. The van der Waals surface area contributed by atoms with Crippen molar-refractivity contribution in [2.24, 2.45) is 23.5 Å². The van der Waals surface area contributed by atoms with Crippen molar-refractivity contribution in [1.82, 2.24) is 14.7 Å². The minimum atomic E-state index is -0.298. The van der Waals surface area contributed by atoms with Crippen LogP contribution in [0.2, 0.25) is 0 Å². The molecule has 2 aliphatic heterocycles. The third kappa shape index (κ3) is 4.28. The molecule has 0 radical (unpaired) electrons. The average molecular weight is 439 g/mol. The molecule has 166 valence electrons. The summed E-state index contributed by atoms with van der Waals surface area (Å²) in [5.74, 6) is 0.362. The Morgan fingerprint density at radius 2 is 1.80 bits per heavy atom. The molecule has 1 aliphatic carbocycles. The number of amides is 3. The van der Waals surface area contributed by atoms with Crippen LogP contribution in [0.25, 0.3) is 0 Å². The Morgan fingerprint density at radius 3 is 2.43 bits per heavy atom. The first-order valence-electron chi connectivity index (χ1n) is 10.6. The summed E-state index contributed by atoms with van der Waals surface area (Å²) in [6, 6.07) is 6.48. The number of hydrogen-bond acceptors (Lipinski definition) is 3. The summed E-state index contributed by atoms with van der Waals surface area (Å²) >= 11 is 0. The minimum absolute atomic E-state index is 0. The highest BCUT2D eigenvalue weighted by Gasteiger charge is 2.51. The van der Waals surface area contributed by atoms with Crippen LogP contribution in [-0.4, -0.2) is 66.4 Å². The SMILES string of the molecule is CN(C)C(=O)N1C[C@H]2CN(C(=O)C3CCC(N)CC3)C[C@H]2[C@@H]1c1cccc(F)c1.Cl. The summed E-state index contributed by atoms with van der Waals surface area (Å²) in [4.78, 5) is 31.3. The van der Waals surface area contributed by atoms with E-state index in [9.17, 15) is 14.0 Å². The monoisotopic (exact) mass is 438 g/mol. The number of urea groups is 1. The first kappa shape index (κ1) is 22.8. The van der Waals surface area contributed by atoms with E-state index in [1.165, 1.54) is 12.1 Å². The quantitative estimate of drug-likeness (QED) is 0.771. The van der Waals surface area contributed by atoms with Crippen LogP contribution < -0.4 is 5.73 Å². The second-order valence-corrected chi connectivity index (χ2v) is 9.11. The van der Waals surface area contributed by atoms with Crippen LogP contribution in [0.3, 0.4) is 0 Å². The number of rotatable bonds is 2. The lowest BCUT2D eigenvalue weighted by Gasteiger charge is -2.33. The van der Waals surface area contributed by atoms with Crippen molar-refractivity contribution in [3.05, 3.63) is 35.6 Å². The van der Waals surface area contributed by atoms with Crippen molar-refractivity contribution in [3.63, 3.8) is 0 Å². The fourth-order valence-corrected chi connectivity index (χ4v) is 5.42. The van der Waals surface area contributed by atoms with E-state index < -0.39 is 0 Å². The van der Waals surface area contributed by atoms with Gasteiger partial charge in [0.15, 0.2) is 0 Å². The van der Waals surface area contributed by atoms with Gasteiger partial charge in [0.2, 0.25) is 5.91 Å². The van der Waals surface area contributed by atoms with Crippen LogP contribution in [0.1, 0.15) is 37.3 Å². The van der Waals surface area contributed by atoms with E-state index in [1.54, 1.807) is 25.1 Å². The van der Waals surface area contributed by atoms with Crippen molar-refractivity contribution in [1.29, 1.82) is 0 Å². The number of nitrogens with zero attached hydrogens (tertiary/aromatic N) is 3. The van der Waals surface area contributed by atoms with Gasteiger partial charge >= 0.3 is 6.03 Å². The lowest BCUT2D eigenvalue weighted by Crippen LogP contribution is -2.43. The number of likely N-dealkylation sites (tertiary alicyclic amines) is 2. The van der Waals surface area contributed by atoms with Crippen LogP contribution in [-0.2, 0) is 4.79 Å². The van der Waals surface area contributed by atoms with Crippen LogP contribution in [0, 0.1) is 23.6 Å². The Balaban J connectivity index is 0.00000256. The van der Waals surface area contributed by atoms with Gasteiger partial charge in [0.05, 0.1) is 6.04 Å². The third-order valence-electron chi connectivity index (χ3n) is 6.92. The normalized spacial score (nSPS) is 30.6. The van der Waals surface area contributed by atoms with Gasteiger partial charge < -0.3 is 20.4 Å². The van der Waals surface area contributed by atoms with E-state index in [0.29, 0.717) is 19.6 Å². The molecule has 1 aromatic carbocycles. The Bertz CT molecular complexity index is 784. The van der Waals surface area contributed by atoms with Crippen molar-refractivity contribution >= 4 is 24.3 Å². The number of hydrogen-bond donors (Lipinski definition) is 1. The predicted molar refractivity (Wildman–Crippen MR) is 116 cm³/mol. The molecule has 2 heterocycles. The molecule has 2 N–H and O–H groups in total. The molecule has 3 atom stereocenters. The van der Waals surface area contributed by atoms with Gasteiger partial charge in [-0.05, 0) is 43.4 Å². The zero-order valence-corrected chi connectivity index (χ0v) is 18.5. The third-order valence-corrected chi connectivity index (χ3v) is 6.92. The van der Waals surface area contributed by atoms with Gasteiger partial charge in [-0.25, -0.2) is 9.18 Å². The summed E-state index contributed by atoms with van der Waals surface area (Å²) in [5, 5.41) is 0.